The smallest absolute Gasteiger partial charge is 0.261 e. The lowest BCUT2D eigenvalue weighted by molar-refractivity contribution is -0.128. The Hall–Kier alpha value is -2.49. The molecule has 0 bridgehead atoms. The van der Waals surface area contributed by atoms with Crippen LogP contribution in [0, 0.1) is 26.7 Å². The molecule has 0 aliphatic heterocycles. The third-order valence-electron chi connectivity index (χ3n) is 4.98. The van der Waals surface area contributed by atoms with E-state index in [1.807, 2.05) is 44.2 Å². The van der Waals surface area contributed by atoms with E-state index in [2.05, 4.69) is 32.2 Å². The molecule has 152 valence electrons. The minimum absolute atomic E-state index is 0.0650. The second-order valence-electron chi connectivity index (χ2n) is 7.93. The summed E-state index contributed by atoms with van der Waals surface area (Å²) in [4.78, 5) is 12.9. The first-order chi connectivity index (χ1) is 13.2. The first-order valence-electron chi connectivity index (χ1n) is 9.90. The van der Waals surface area contributed by atoms with Gasteiger partial charge in [-0.2, -0.15) is 0 Å². The second-order valence-corrected chi connectivity index (χ2v) is 7.93. The van der Waals surface area contributed by atoms with Gasteiger partial charge < -0.3 is 14.8 Å². The number of nitrogens with one attached hydrogen (secondary N) is 1. The molecule has 0 saturated carbocycles. The Kier molecular flexibility index (Phi) is 7.50. The Morgan fingerprint density at radius 2 is 1.68 bits per heavy atom. The van der Waals surface area contributed by atoms with Gasteiger partial charge in [-0.25, -0.2) is 0 Å². The Labute approximate surface area is 169 Å². The molecule has 0 aromatic heterocycles. The highest BCUT2D eigenvalue weighted by Gasteiger charge is 2.22. The van der Waals surface area contributed by atoms with Crippen molar-refractivity contribution >= 4 is 5.91 Å². The first kappa shape index (κ1) is 21.8. The minimum atomic E-state index is -0.576. The zero-order valence-corrected chi connectivity index (χ0v) is 18.1. The van der Waals surface area contributed by atoms with Gasteiger partial charge in [-0.3, -0.25) is 4.79 Å². The molecule has 0 aliphatic rings. The van der Waals surface area contributed by atoms with Gasteiger partial charge in [-0.1, -0.05) is 32.0 Å². The molecule has 0 saturated heterocycles. The van der Waals surface area contributed by atoms with E-state index in [1.165, 1.54) is 5.56 Å². The van der Waals surface area contributed by atoms with Gasteiger partial charge in [0, 0.05) is 0 Å². The molecule has 2 aromatic rings. The standard InChI is InChI=1S/C24H33NO3/c1-15(2)12-22(20-8-10-21(27-7)11-9-20)25-24(26)19(6)28-23-14-16(3)13-17(4)18(23)5/h8-11,13-15,19,22H,12H2,1-7H3,(H,25,26)/t19-,22+/m0/s1. The van der Waals surface area contributed by atoms with Gasteiger partial charge in [-0.15, -0.1) is 0 Å². The van der Waals surface area contributed by atoms with Crippen LogP contribution in [0.1, 0.15) is 55.5 Å². The highest BCUT2D eigenvalue weighted by Crippen LogP contribution is 2.26. The van der Waals surface area contributed by atoms with Crippen molar-refractivity contribution in [2.45, 2.75) is 60.1 Å². The summed E-state index contributed by atoms with van der Waals surface area (Å²) in [5, 5.41) is 3.17. The summed E-state index contributed by atoms with van der Waals surface area (Å²) >= 11 is 0. The number of rotatable bonds is 8. The summed E-state index contributed by atoms with van der Waals surface area (Å²) in [6, 6.07) is 11.9. The van der Waals surface area contributed by atoms with Crippen LogP contribution in [-0.4, -0.2) is 19.1 Å². The average Bonchev–Trinajstić information content (AvgIpc) is 2.64. The fourth-order valence-corrected chi connectivity index (χ4v) is 3.24. The van der Waals surface area contributed by atoms with Crippen molar-refractivity contribution < 1.29 is 14.3 Å². The van der Waals surface area contributed by atoms with E-state index in [1.54, 1.807) is 14.0 Å². The number of hydrogen-bond acceptors (Lipinski definition) is 3. The van der Waals surface area contributed by atoms with E-state index in [-0.39, 0.29) is 11.9 Å². The largest absolute Gasteiger partial charge is 0.497 e. The molecular formula is C24H33NO3. The van der Waals surface area contributed by atoms with E-state index in [0.717, 1.165) is 34.6 Å². The highest BCUT2D eigenvalue weighted by atomic mass is 16.5. The fourth-order valence-electron chi connectivity index (χ4n) is 3.24. The zero-order valence-electron chi connectivity index (χ0n) is 18.1. The van der Waals surface area contributed by atoms with Crippen LogP contribution >= 0.6 is 0 Å². The van der Waals surface area contributed by atoms with Gasteiger partial charge in [-0.05, 0) is 80.5 Å². The molecule has 2 atom stereocenters. The minimum Gasteiger partial charge on any atom is -0.497 e. The Morgan fingerprint density at radius 1 is 1.04 bits per heavy atom. The maximum absolute atomic E-state index is 12.9. The number of ether oxygens (including phenoxy) is 2. The van der Waals surface area contributed by atoms with Gasteiger partial charge in [0.15, 0.2) is 6.10 Å². The molecule has 1 amide bonds. The maximum atomic E-state index is 12.9. The molecule has 2 rings (SSSR count). The van der Waals surface area contributed by atoms with Crippen LogP contribution in [0.2, 0.25) is 0 Å². The van der Waals surface area contributed by atoms with Crippen LogP contribution in [-0.2, 0) is 4.79 Å². The number of carbonyl (C=O) groups excluding carboxylic acids is 1. The number of methoxy groups -OCH3 is 1. The average molecular weight is 384 g/mol. The normalized spacial score (nSPS) is 13.1. The maximum Gasteiger partial charge on any atom is 0.261 e. The Morgan fingerprint density at radius 3 is 2.25 bits per heavy atom. The molecule has 0 fully saturated rings. The fraction of sp³-hybridized carbons (Fsp3) is 0.458. The quantitative estimate of drug-likeness (QED) is 0.674. The molecule has 28 heavy (non-hydrogen) atoms. The van der Waals surface area contributed by atoms with E-state index in [4.69, 9.17) is 9.47 Å². The predicted molar refractivity (Wildman–Crippen MR) is 114 cm³/mol. The molecule has 4 nitrogen and oxygen atoms in total. The van der Waals surface area contributed by atoms with Gasteiger partial charge in [0.2, 0.25) is 0 Å². The van der Waals surface area contributed by atoms with Crippen LogP contribution in [0.25, 0.3) is 0 Å². The van der Waals surface area contributed by atoms with Gasteiger partial charge in [0.25, 0.3) is 5.91 Å². The zero-order chi connectivity index (χ0) is 20.8. The molecule has 0 unspecified atom stereocenters. The lowest BCUT2D eigenvalue weighted by Gasteiger charge is -2.24. The Bertz CT molecular complexity index is 796. The van der Waals surface area contributed by atoms with Gasteiger partial charge in [0.05, 0.1) is 13.2 Å². The van der Waals surface area contributed by atoms with Crippen LogP contribution < -0.4 is 14.8 Å². The lowest BCUT2D eigenvalue weighted by atomic mass is 9.96. The van der Waals surface area contributed by atoms with E-state index in [9.17, 15) is 4.79 Å². The third-order valence-corrected chi connectivity index (χ3v) is 4.98. The summed E-state index contributed by atoms with van der Waals surface area (Å²) in [6.07, 6.45) is 0.278. The molecule has 4 heteroatoms. The summed E-state index contributed by atoms with van der Waals surface area (Å²) < 4.78 is 11.3. The van der Waals surface area contributed by atoms with E-state index < -0.39 is 6.10 Å². The summed E-state index contributed by atoms with van der Waals surface area (Å²) in [5.41, 5.74) is 4.43. The first-order valence-corrected chi connectivity index (χ1v) is 9.90. The molecule has 0 radical (unpaired) electrons. The third kappa shape index (κ3) is 5.75. The number of aryl methyl sites for hydroxylation is 2. The van der Waals surface area contributed by atoms with Crippen molar-refractivity contribution in [2.75, 3.05) is 7.11 Å². The van der Waals surface area contributed by atoms with Crippen LogP contribution in [0.3, 0.4) is 0 Å². The van der Waals surface area contributed by atoms with Crippen molar-refractivity contribution in [1.29, 1.82) is 0 Å². The second kappa shape index (κ2) is 9.63. The summed E-state index contributed by atoms with van der Waals surface area (Å²) in [7, 11) is 1.65. The highest BCUT2D eigenvalue weighted by molar-refractivity contribution is 5.81. The molecule has 0 heterocycles. The van der Waals surface area contributed by atoms with Crippen LogP contribution in [0.15, 0.2) is 36.4 Å². The SMILES string of the molecule is COc1ccc([C@@H](CC(C)C)NC(=O)[C@H](C)Oc2cc(C)cc(C)c2C)cc1. The van der Waals surface area contributed by atoms with Crippen LogP contribution in [0.4, 0.5) is 0 Å². The van der Waals surface area contributed by atoms with E-state index in [0.29, 0.717) is 5.92 Å². The molecular weight excluding hydrogens is 350 g/mol. The van der Waals surface area contributed by atoms with Crippen molar-refractivity contribution in [3.05, 3.63) is 58.7 Å². The van der Waals surface area contributed by atoms with Gasteiger partial charge >= 0.3 is 0 Å². The topological polar surface area (TPSA) is 47.6 Å². The summed E-state index contributed by atoms with van der Waals surface area (Å²) in [6.45, 7) is 12.2. The number of amides is 1. The van der Waals surface area contributed by atoms with Crippen molar-refractivity contribution in [2.24, 2.45) is 5.92 Å². The molecule has 2 aromatic carbocycles. The van der Waals surface area contributed by atoms with Crippen molar-refractivity contribution in [3.8, 4) is 11.5 Å². The predicted octanol–water partition coefficient (Wildman–Crippen LogP) is 5.29. The molecule has 0 aliphatic carbocycles. The molecule has 1 N–H and O–H groups in total. The number of benzene rings is 2. The number of carbonyl (C=O) groups is 1. The lowest BCUT2D eigenvalue weighted by Crippen LogP contribution is -2.39. The monoisotopic (exact) mass is 383 g/mol. The number of hydrogen-bond donors (Lipinski definition) is 1. The van der Waals surface area contributed by atoms with Crippen LogP contribution in [0.5, 0.6) is 11.5 Å². The van der Waals surface area contributed by atoms with Gasteiger partial charge in [0.1, 0.15) is 11.5 Å². The Balaban J connectivity index is 2.13. The summed E-state index contributed by atoms with van der Waals surface area (Å²) in [5.74, 6) is 1.91. The van der Waals surface area contributed by atoms with Crippen molar-refractivity contribution in [1.82, 2.24) is 5.32 Å². The molecule has 0 spiro atoms. The van der Waals surface area contributed by atoms with Crippen molar-refractivity contribution in [3.63, 3.8) is 0 Å². The van der Waals surface area contributed by atoms with E-state index >= 15 is 0 Å².